The van der Waals surface area contributed by atoms with E-state index in [1.807, 2.05) is 22.4 Å². The minimum atomic E-state index is -0.297. The molecule has 25 heavy (non-hydrogen) atoms. The normalized spacial score (nSPS) is 15.6. The zero-order chi connectivity index (χ0) is 17.4. The first-order chi connectivity index (χ1) is 12.1. The molecule has 9 heteroatoms. The van der Waals surface area contributed by atoms with Crippen molar-refractivity contribution < 1.29 is 9.32 Å². The molecule has 3 aromatic heterocycles. The molecule has 1 amide bonds. The van der Waals surface area contributed by atoms with Crippen molar-refractivity contribution in [2.75, 3.05) is 13.1 Å². The predicted octanol–water partition coefficient (Wildman–Crippen LogP) is 2.14. The van der Waals surface area contributed by atoms with Crippen molar-refractivity contribution in [3.05, 3.63) is 45.1 Å². The van der Waals surface area contributed by atoms with Crippen molar-refractivity contribution in [1.82, 2.24) is 25.2 Å². The van der Waals surface area contributed by atoms with Crippen LogP contribution < -0.4 is 5.69 Å². The third kappa shape index (κ3) is 2.91. The number of piperidine rings is 1. The summed E-state index contributed by atoms with van der Waals surface area (Å²) in [7, 11) is 0. The van der Waals surface area contributed by atoms with Crippen LogP contribution in [0.5, 0.6) is 0 Å². The van der Waals surface area contributed by atoms with Crippen LogP contribution in [0.1, 0.15) is 40.7 Å². The summed E-state index contributed by atoms with van der Waals surface area (Å²) in [5.41, 5.74) is 0.847. The summed E-state index contributed by atoms with van der Waals surface area (Å²) in [4.78, 5) is 29.6. The minimum Gasteiger partial charge on any atom is -0.360 e. The topological polar surface area (TPSA) is 108 Å². The molecular formula is C16H17N5O3S. The number of aryl methyl sites for hydroxylation is 1. The number of hydrogen-bond donors (Lipinski definition) is 2. The fourth-order valence-electron chi connectivity index (χ4n) is 3.20. The Hall–Kier alpha value is -2.68. The second kappa shape index (κ2) is 6.32. The van der Waals surface area contributed by atoms with E-state index in [1.54, 1.807) is 6.92 Å². The molecule has 130 valence electrons. The minimum absolute atomic E-state index is 0.0591. The molecule has 0 bridgehead atoms. The van der Waals surface area contributed by atoms with Crippen LogP contribution in [-0.4, -0.2) is 44.2 Å². The quantitative estimate of drug-likeness (QED) is 0.745. The Balaban J connectivity index is 1.52. The Labute approximate surface area is 146 Å². The van der Waals surface area contributed by atoms with Gasteiger partial charge < -0.3 is 9.42 Å². The molecule has 1 saturated heterocycles. The van der Waals surface area contributed by atoms with Crippen molar-refractivity contribution in [2.45, 2.75) is 25.7 Å². The molecule has 0 aliphatic carbocycles. The van der Waals surface area contributed by atoms with Crippen molar-refractivity contribution in [3.63, 3.8) is 0 Å². The summed E-state index contributed by atoms with van der Waals surface area (Å²) in [6, 6.07) is 3.85. The predicted molar refractivity (Wildman–Crippen MR) is 91.6 cm³/mol. The zero-order valence-electron chi connectivity index (χ0n) is 13.6. The van der Waals surface area contributed by atoms with Crippen molar-refractivity contribution in [1.29, 1.82) is 0 Å². The van der Waals surface area contributed by atoms with Gasteiger partial charge in [-0.15, -0.1) is 11.3 Å². The lowest BCUT2D eigenvalue weighted by Crippen LogP contribution is -2.38. The highest BCUT2D eigenvalue weighted by Crippen LogP contribution is 2.31. The highest BCUT2D eigenvalue weighted by Gasteiger charge is 2.30. The summed E-state index contributed by atoms with van der Waals surface area (Å²) >= 11 is 1.53. The SMILES string of the molecule is Cc1onc(-c2cccs2)c1C(=O)N1CCC(c2n[nH]c(=O)[nH]2)CC1. The van der Waals surface area contributed by atoms with Gasteiger partial charge in [0.25, 0.3) is 5.91 Å². The largest absolute Gasteiger partial charge is 0.360 e. The van der Waals surface area contributed by atoms with Gasteiger partial charge in [-0.1, -0.05) is 11.2 Å². The number of likely N-dealkylation sites (tertiary alicyclic amines) is 1. The van der Waals surface area contributed by atoms with Gasteiger partial charge in [0, 0.05) is 19.0 Å². The van der Waals surface area contributed by atoms with E-state index < -0.39 is 0 Å². The standard InChI is InChI=1S/C16H17N5O3S/c1-9-12(13(20-24-9)11-3-2-8-25-11)15(22)21-6-4-10(5-7-21)14-17-16(23)19-18-14/h2-3,8,10H,4-7H2,1H3,(H2,17,18,19,23). The molecule has 1 aliphatic heterocycles. The van der Waals surface area contributed by atoms with Crippen LogP contribution in [0, 0.1) is 6.92 Å². The van der Waals surface area contributed by atoms with Gasteiger partial charge >= 0.3 is 5.69 Å². The van der Waals surface area contributed by atoms with Gasteiger partial charge in [0.05, 0.1) is 4.88 Å². The highest BCUT2D eigenvalue weighted by atomic mass is 32.1. The first-order valence-electron chi connectivity index (χ1n) is 8.07. The van der Waals surface area contributed by atoms with E-state index in [1.165, 1.54) is 11.3 Å². The second-order valence-corrected chi connectivity index (χ2v) is 7.02. The number of rotatable bonds is 3. The van der Waals surface area contributed by atoms with Gasteiger partial charge in [0.2, 0.25) is 0 Å². The molecule has 0 spiro atoms. The number of thiophene rings is 1. The molecule has 0 atom stereocenters. The molecule has 0 aromatic carbocycles. The number of carbonyl (C=O) groups is 1. The first-order valence-corrected chi connectivity index (χ1v) is 8.95. The fourth-order valence-corrected chi connectivity index (χ4v) is 3.91. The molecule has 4 rings (SSSR count). The average Bonchev–Trinajstić information content (AvgIpc) is 3.35. The van der Waals surface area contributed by atoms with Gasteiger partial charge in [0.15, 0.2) is 0 Å². The molecule has 0 radical (unpaired) electrons. The van der Waals surface area contributed by atoms with E-state index in [0.717, 1.165) is 17.7 Å². The van der Waals surface area contributed by atoms with Crippen LogP contribution in [0.4, 0.5) is 0 Å². The van der Waals surface area contributed by atoms with Crippen molar-refractivity contribution >= 4 is 17.2 Å². The third-order valence-electron chi connectivity index (χ3n) is 4.52. The molecule has 0 saturated carbocycles. The lowest BCUT2D eigenvalue weighted by atomic mass is 9.95. The second-order valence-electron chi connectivity index (χ2n) is 6.07. The van der Waals surface area contributed by atoms with E-state index in [2.05, 4.69) is 20.3 Å². The average molecular weight is 359 g/mol. The van der Waals surface area contributed by atoms with Crippen LogP contribution in [-0.2, 0) is 0 Å². The maximum Gasteiger partial charge on any atom is 0.340 e. The summed E-state index contributed by atoms with van der Waals surface area (Å²) in [5.74, 6) is 1.30. The summed E-state index contributed by atoms with van der Waals surface area (Å²) in [6.45, 7) is 2.97. The van der Waals surface area contributed by atoms with Gasteiger partial charge in [-0.3, -0.25) is 9.78 Å². The number of nitrogens with one attached hydrogen (secondary N) is 2. The number of H-pyrrole nitrogens is 2. The molecule has 4 heterocycles. The fraction of sp³-hybridized carbons (Fsp3) is 0.375. The maximum absolute atomic E-state index is 13.0. The lowest BCUT2D eigenvalue weighted by molar-refractivity contribution is 0.0710. The van der Waals surface area contributed by atoms with E-state index in [0.29, 0.717) is 35.9 Å². The number of aromatic nitrogens is 4. The molecular weight excluding hydrogens is 342 g/mol. The Kier molecular flexibility index (Phi) is 4.00. The van der Waals surface area contributed by atoms with E-state index in [4.69, 9.17) is 4.52 Å². The molecule has 0 unspecified atom stereocenters. The molecule has 2 N–H and O–H groups in total. The first kappa shape index (κ1) is 15.8. The molecule has 8 nitrogen and oxygen atoms in total. The summed E-state index contributed by atoms with van der Waals surface area (Å²) < 4.78 is 5.28. The van der Waals surface area contributed by atoms with Crippen molar-refractivity contribution in [2.24, 2.45) is 0 Å². The van der Waals surface area contributed by atoms with Crippen molar-refractivity contribution in [3.8, 4) is 10.6 Å². The van der Waals surface area contributed by atoms with Gasteiger partial charge in [-0.25, -0.2) is 9.89 Å². The van der Waals surface area contributed by atoms with Gasteiger partial charge in [0.1, 0.15) is 22.8 Å². The van der Waals surface area contributed by atoms with Crippen LogP contribution in [0.25, 0.3) is 10.6 Å². The van der Waals surface area contributed by atoms with Crippen LogP contribution >= 0.6 is 11.3 Å². The van der Waals surface area contributed by atoms with Gasteiger partial charge in [-0.2, -0.15) is 5.10 Å². The van der Waals surface area contributed by atoms with E-state index in [-0.39, 0.29) is 17.5 Å². The Morgan fingerprint density at radius 3 is 2.84 bits per heavy atom. The highest BCUT2D eigenvalue weighted by molar-refractivity contribution is 7.13. The molecule has 1 fully saturated rings. The van der Waals surface area contributed by atoms with Gasteiger partial charge in [-0.05, 0) is 31.2 Å². The molecule has 3 aromatic rings. The van der Waals surface area contributed by atoms with E-state index in [9.17, 15) is 9.59 Å². The number of hydrogen-bond acceptors (Lipinski definition) is 6. The number of amides is 1. The number of nitrogens with zero attached hydrogens (tertiary/aromatic N) is 3. The monoisotopic (exact) mass is 359 g/mol. The van der Waals surface area contributed by atoms with Crippen LogP contribution in [0.15, 0.2) is 26.8 Å². The summed E-state index contributed by atoms with van der Waals surface area (Å²) in [5, 5.41) is 12.4. The zero-order valence-corrected chi connectivity index (χ0v) is 14.4. The lowest BCUT2D eigenvalue weighted by Gasteiger charge is -2.30. The summed E-state index contributed by atoms with van der Waals surface area (Å²) in [6.07, 6.45) is 1.51. The number of aromatic amines is 2. The Bertz CT molecular complexity index is 931. The smallest absolute Gasteiger partial charge is 0.340 e. The third-order valence-corrected chi connectivity index (χ3v) is 5.40. The molecule has 1 aliphatic rings. The number of carbonyl (C=O) groups excluding carboxylic acids is 1. The van der Waals surface area contributed by atoms with Crippen LogP contribution in [0.2, 0.25) is 0 Å². The van der Waals surface area contributed by atoms with E-state index >= 15 is 0 Å². The van der Waals surface area contributed by atoms with Crippen LogP contribution in [0.3, 0.4) is 0 Å². The maximum atomic E-state index is 13.0. The Morgan fingerprint density at radius 2 is 2.20 bits per heavy atom. The Morgan fingerprint density at radius 1 is 1.40 bits per heavy atom.